The summed E-state index contributed by atoms with van der Waals surface area (Å²) in [4.78, 5) is 0. The van der Waals surface area contributed by atoms with Crippen molar-refractivity contribution in [3.05, 3.63) is 0 Å². The zero-order valence-electron chi connectivity index (χ0n) is 7.02. The van der Waals surface area contributed by atoms with Crippen LogP contribution in [-0.2, 0) is 0 Å². The second-order valence-electron chi connectivity index (χ2n) is 3.28. The van der Waals surface area contributed by atoms with E-state index in [-0.39, 0.29) is 0 Å². The lowest BCUT2D eigenvalue weighted by Crippen LogP contribution is -2.42. The van der Waals surface area contributed by atoms with E-state index < -0.39 is 30.7 Å². The fourth-order valence-corrected chi connectivity index (χ4v) is 0.746. The lowest BCUT2D eigenvalue weighted by molar-refractivity contribution is -0.237. The third-order valence-corrected chi connectivity index (χ3v) is 2.19. The van der Waals surface area contributed by atoms with Crippen molar-refractivity contribution < 1.29 is 23.4 Å². The summed E-state index contributed by atoms with van der Waals surface area (Å²) in [6.45, 7) is 0.597. The quantitative estimate of drug-likeness (QED) is 0.694. The number of halogens is 3. The maximum absolute atomic E-state index is 12.2. The van der Waals surface area contributed by atoms with Gasteiger partial charge in [-0.25, -0.2) is 0 Å². The molecule has 0 fully saturated rings. The van der Waals surface area contributed by atoms with Crippen LogP contribution in [0.4, 0.5) is 13.2 Å². The monoisotopic (exact) mass is 186 g/mol. The molecule has 12 heavy (non-hydrogen) atoms. The van der Waals surface area contributed by atoms with Gasteiger partial charge in [0.25, 0.3) is 0 Å². The van der Waals surface area contributed by atoms with Gasteiger partial charge in [-0.3, -0.25) is 0 Å². The lowest BCUT2D eigenvalue weighted by atomic mass is 9.79. The third-order valence-electron chi connectivity index (χ3n) is 2.19. The van der Waals surface area contributed by atoms with E-state index in [0.29, 0.717) is 0 Å². The Morgan fingerprint density at radius 1 is 1.08 bits per heavy atom. The minimum Gasteiger partial charge on any atom is -0.396 e. The number of aliphatic hydroxyl groups is 2. The Labute approximate surface area is 69.0 Å². The number of hydrogen-bond donors (Lipinski definition) is 2. The summed E-state index contributed by atoms with van der Waals surface area (Å²) in [6.07, 6.45) is -4.40. The molecule has 0 bridgehead atoms. The van der Waals surface area contributed by atoms with E-state index in [1.165, 1.54) is 0 Å². The van der Waals surface area contributed by atoms with Crippen LogP contribution in [-0.4, -0.2) is 29.6 Å². The fraction of sp³-hybridized carbons (Fsp3) is 1.00. The summed E-state index contributed by atoms with van der Waals surface area (Å²) in [5.74, 6) is -1.16. The Hall–Kier alpha value is -0.290. The zero-order valence-corrected chi connectivity index (χ0v) is 7.02. The standard InChI is InChI=1S/C7H13F3O2/c1-6(2,7(8,9)10)5(3-11)4-12/h5,11-12H,3-4H2,1-2H3. The van der Waals surface area contributed by atoms with Crippen molar-refractivity contribution in [2.24, 2.45) is 11.3 Å². The molecule has 0 saturated heterocycles. The summed E-state index contributed by atoms with van der Waals surface area (Å²) >= 11 is 0. The van der Waals surface area contributed by atoms with Gasteiger partial charge in [-0.2, -0.15) is 13.2 Å². The first kappa shape index (κ1) is 11.7. The van der Waals surface area contributed by atoms with Crippen LogP contribution in [0.2, 0.25) is 0 Å². The third kappa shape index (κ3) is 2.10. The van der Waals surface area contributed by atoms with Gasteiger partial charge in [0.1, 0.15) is 0 Å². The molecule has 0 spiro atoms. The number of aliphatic hydroxyl groups excluding tert-OH is 2. The summed E-state index contributed by atoms with van der Waals surface area (Å²) in [6, 6.07) is 0. The number of alkyl halides is 3. The first-order valence-electron chi connectivity index (χ1n) is 3.55. The lowest BCUT2D eigenvalue weighted by Gasteiger charge is -2.33. The molecule has 2 nitrogen and oxygen atoms in total. The SMILES string of the molecule is CC(C)(C(CO)CO)C(F)(F)F. The van der Waals surface area contributed by atoms with Gasteiger partial charge < -0.3 is 10.2 Å². The normalized spacial score (nSPS) is 14.0. The molecule has 0 heterocycles. The van der Waals surface area contributed by atoms with E-state index in [9.17, 15) is 13.2 Å². The Balaban J connectivity index is 4.57. The summed E-state index contributed by atoms with van der Waals surface area (Å²) < 4.78 is 36.7. The van der Waals surface area contributed by atoms with Crippen LogP contribution >= 0.6 is 0 Å². The minimum atomic E-state index is -4.40. The predicted molar refractivity (Wildman–Crippen MR) is 37.5 cm³/mol. The average molecular weight is 186 g/mol. The van der Waals surface area contributed by atoms with Crippen molar-refractivity contribution >= 4 is 0 Å². The van der Waals surface area contributed by atoms with Gasteiger partial charge >= 0.3 is 6.18 Å². The highest BCUT2D eigenvalue weighted by atomic mass is 19.4. The molecule has 0 radical (unpaired) electrons. The van der Waals surface area contributed by atoms with Gasteiger partial charge in [0, 0.05) is 19.1 Å². The summed E-state index contributed by atoms with van der Waals surface area (Å²) in [7, 11) is 0. The molecule has 0 aromatic rings. The molecule has 0 aromatic carbocycles. The van der Waals surface area contributed by atoms with Crippen LogP contribution in [0.25, 0.3) is 0 Å². The van der Waals surface area contributed by atoms with E-state index in [4.69, 9.17) is 10.2 Å². The van der Waals surface area contributed by atoms with E-state index in [1.54, 1.807) is 0 Å². The maximum atomic E-state index is 12.2. The molecule has 74 valence electrons. The van der Waals surface area contributed by atoms with Gasteiger partial charge in [0.15, 0.2) is 0 Å². The first-order chi connectivity index (χ1) is 5.27. The number of rotatable bonds is 3. The molecule has 0 saturated carbocycles. The van der Waals surface area contributed by atoms with Crippen molar-refractivity contribution in [2.45, 2.75) is 20.0 Å². The summed E-state index contributed by atoms with van der Waals surface area (Å²) in [5.41, 5.74) is -2.05. The average Bonchev–Trinajstić information content (AvgIpc) is 1.87. The van der Waals surface area contributed by atoms with Gasteiger partial charge in [-0.05, 0) is 0 Å². The van der Waals surface area contributed by atoms with Crippen molar-refractivity contribution in [1.82, 2.24) is 0 Å². The Kier molecular flexibility index (Phi) is 3.53. The number of hydrogen-bond acceptors (Lipinski definition) is 2. The smallest absolute Gasteiger partial charge is 0.394 e. The molecule has 2 N–H and O–H groups in total. The van der Waals surface area contributed by atoms with Gasteiger partial charge in [0.2, 0.25) is 0 Å². The molecule has 0 aromatic heterocycles. The van der Waals surface area contributed by atoms with Crippen LogP contribution in [0, 0.1) is 11.3 Å². The molecule has 0 rings (SSSR count). The molecular weight excluding hydrogens is 173 g/mol. The highest BCUT2D eigenvalue weighted by molar-refractivity contribution is 4.84. The van der Waals surface area contributed by atoms with Crippen molar-refractivity contribution in [3.63, 3.8) is 0 Å². The second-order valence-corrected chi connectivity index (χ2v) is 3.28. The first-order valence-corrected chi connectivity index (χ1v) is 3.55. The van der Waals surface area contributed by atoms with Crippen molar-refractivity contribution in [1.29, 1.82) is 0 Å². The molecular formula is C7H13F3O2. The van der Waals surface area contributed by atoms with Crippen LogP contribution in [0.3, 0.4) is 0 Å². The molecule has 0 aliphatic carbocycles. The van der Waals surface area contributed by atoms with Gasteiger partial charge in [-0.15, -0.1) is 0 Å². The van der Waals surface area contributed by atoms with E-state index in [0.717, 1.165) is 13.8 Å². The van der Waals surface area contributed by atoms with Gasteiger partial charge in [-0.1, -0.05) is 13.8 Å². The fourth-order valence-electron chi connectivity index (χ4n) is 0.746. The van der Waals surface area contributed by atoms with Crippen LogP contribution in [0.15, 0.2) is 0 Å². The highest BCUT2D eigenvalue weighted by Gasteiger charge is 2.51. The molecule has 0 aliphatic heterocycles. The molecule has 0 unspecified atom stereocenters. The van der Waals surface area contributed by atoms with Crippen molar-refractivity contribution in [3.8, 4) is 0 Å². The predicted octanol–water partition coefficient (Wildman–Crippen LogP) is 1.18. The molecule has 5 heteroatoms. The van der Waals surface area contributed by atoms with E-state index in [2.05, 4.69) is 0 Å². The largest absolute Gasteiger partial charge is 0.396 e. The van der Waals surface area contributed by atoms with Crippen LogP contribution < -0.4 is 0 Å². The molecule has 0 amide bonds. The Morgan fingerprint density at radius 2 is 1.42 bits per heavy atom. The highest BCUT2D eigenvalue weighted by Crippen LogP contribution is 2.43. The Morgan fingerprint density at radius 3 is 1.50 bits per heavy atom. The van der Waals surface area contributed by atoms with Crippen molar-refractivity contribution in [2.75, 3.05) is 13.2 Å². The zero-order chi connectivity index (χ0) is 9.99. The second kappa shape index (κ2) is 3.62. The maximum Gasteiger partial charge on any atom is 0.394 e. The molecule has 0 atom stereocenters. The van der Waals surface area contributed by atoms with Gasteiger partial charge in [0.05, 0.1) is 5.41 Å². The van der Waals surface area contributed by atoms with E-state index >= 15 is 0 Å². The van der Waals surface area contributed by atoms with Crippen LogP contribution in [0.1, 0.15) is 13.8 Å². The topological polar surface area (TPSA) is 40.5 Å². The Bertz CT molecular complexity index is 138. The van der Waals surface area contributed by atoms with Crippen LogP contribution in [0.5, 0.6) is 0 Å². The summed E-state index contributed by atoms with van der Waals surface area (Å²) in [5, 5.41) is 17.1. The minimum absolute atomic E-state index is 0.664. The molecule has 0 aliphatic rings. The van der Waals surface area contributed by atoms with E-state index in [1.807, 2.05) is 0 Å².